The van der Waals surface area contributed by atoms with Gasteiger partial charge in [0.05, 0.1) is 39.6 Å². The minimum Gasteiger partial charge on any atom is -0.481 e. The van der Waals surface area contributed by atoms with Gasteiger partial charge in [-0.25, -0.2) is 4.98 Å². The number of aromatic nitrogens is 4. The topological polar surface area (TPSA) is 135 Å². The second kappa shape index (κ2) is 14.7. The lowest BCUT2D eigenvalue weighted by molar-refractivity contribution is -0.120. The molecule has 0 radical (unpaired) electrons. The molecule has 2 fully saturated rings. The van der Waals surface area contributed by atoms with Crippen molar-refractivity contribution in [1.82, 2.24) is 40.8 Å². The number of amides is 2. The lowest BCUT2D eigenvalue weighted by atomic mass is 9.99. The number of nitrogens with one attached hydrogen (secondary N) is 4. The van der Waals surface area contributed by atoms with Crippen molar-refractivity contribution in [3.63, 3.8) is 0 Å². The molecule has 2 saturated heterocycles. The number of rotatable bonds is 12. The first-order valence-corrected chi connectivity index (χ1v) is 17.5. The number of carbonyl (C=O) groups is 2. The van der Waals surface area contributed by atoms with Crippen LogP contribution in [0.3, 0.4) is 0 Å². The summed E-state index contributed by atoms with van der Waals surface area (Å²) in [5.41, 5.74) is 8.13. The molecule has 0 bridgehead atoms. The van der Waals surface area contributed by atoms with Crippen LogP contribution in [0.5, 0.6) is 5.88 Å². The third-order valence-corrected chi connectivity index (χ3v) is 10.1. The number of benzene rings is 1. The van der Waals surface area contributed by atoms with E-state index in [9.17, 15) is 9.59 Å². The van der Waals surface area contributed by atoms with E-state index in [1.54, 1.807) is 19.5 Å². The highest BCUT2D eigenvalue weighted by Gasteiger charge is 2.22. The lowest BCUT2D eigenvalue weighted by Gasteiger charge is -2.15. The molecule has 0 spiro atoms. The number of aryl methyl sites for hydroxylation is 1. The SMILES string of the molecule is COc1nc(-c2cccc(-c3ccnc(-c4cnc5c(CNC[C@H]6CCC(=O)N6)cn(C)c5c4)c3Cl)c2Cl)ccc1CNC[C@@H]1CCC(=O)N1. The molecule has 2 atom stereocenters. The minimum absolute atomic E-state index is 0.0987. The van der Waals surface area contributed by atoms with Gasteiger partial charge in [0.15, 0.2) is 0 Å². The highest BCUT2D eigenvalue weighted by molar-refractivity contribution is 6.39. The van der Waals surface area contributed by atoms with Gasteiger partial charge in [0.25, 0.3) is 0 Å². The Labute approximate surface area is 300 Å². The van der Waals surface area contributed by atoms with Crippen LogP contribution in [-0.2, 0) is 29.7 Å². The van der Waals surface area contributed by atoms with Crippen LogP contribution < -0.4 is 26.0 Å². The Balaban J connectivity index is 1.11. The van der Waals surface area contributed by atoms with Gasteiger partial charge in [-0.15, -0.1) is 0 Å². The molecule has 0 aliphatic carbocycles. The zero-order valence-corrected chi connectivity index (χ0v) is 29.4. The molecule has 5 aromatic rings. The van der Waals surface area contributed by atoms with Crippen LogP contribution in [0.25, 0.3) is 44.7 Å². The number of halogens is 2. The maximum atomic E-state index is 11.5. The second-order valence-electron chi connectivity index (χ2n) is 12.8. The Kier molecular flexibility index (Phi) is 10.0. The van der Waals surface area contributed by atoms with E-state index in [0.717, 1.165) is 57.3 Å². The molecule has 2 aliphatic rings. The van der Waals surface area contributed by atoms with Crippen LogP contribution in [-0.4, -0.2) is 63.6 Å². The number of hydrogen-bond acceptors (Lipinski definition) is 8. The van der Waals surface area contributed by atoms with E-state index in [4.69, 9.17) is 37.9 Å². The fraction of sp³-hybridized carbons (Fsp3) is 0.324. The number of hydrogen-bond donors (Lipinski definition) is 4. The number of ether oxygens (including phenoxy) is 1. The number of nitrogens with zero attached hydrogens (tertiary/aromatic N) is 4. The molecule has 7 rings (SSSR count). The van der Waals surface area contributed by atoms with Crippen LogP contribution in [0.2, 0.25) is 10.0 Å². The average Bonchev–Trinajstić information content (AvgIpc) is 3.83. The fourth-order valence-electron chi connectivity index (χ4n) is 6.74. The molecule has 4 N–H and O–H groups in total. The van der Waals surface area contributed by atoms with E-state index in [1.165, 1.54) is 0 Å². The van der Waals surface area contributed by atoms with E-state index in [2.05, 4.69) is 43.1 Å². The van der Waals surface area contributed by atoms with Crippen LogP contribution in [0.1, 0.15) is 36.8 Å². The molecule has 13 heteroatoms. The summed E-state index contributed by atoms with van der Waals surface area (Å²) in [7, 11) is 3.59. The molecule has 258 valence electrons. The van der Waals surface area contributed by atoms with Crippen LogP contribution in [0, 0.1) is 0 Å². The summed E-state index contributed by atoms with van der Waals surface area (Å²) in [6, 6.07) is 13.9. The van der Waals surface area contributed by atoms with Crippen molar-refractivity contribution in [2.24, 2.45) is 7.05 Å². The van der Waals surface area contributed by atoms with E-state index >= 15 is 0 Å². The number of carbonyl (C=O) groups excluding carboxylic acids is 2. The van der Waals surface area contributed by atoms with Crippen LogP contribution in [0.15, 0.2) is 61.1 Å². The maximum Gasteiger partial charge on any atom is 0.220 e. The van der Waals surface area contributed by atoms with Gasteiger partial charge in [0.2, 0.25) is 17.7 Å². The first kappa shape index (κ1) is 33.9. The van der Waals surface area contributed by atoms with Crippen LogP contribution in [0.4, 0.5) is 0 Å². The van der Waals surface area contributed by atoms with E-state index in [-0.39, 0.29) is 23.9 Å². The summed E-state index contributed by atoms with van der Waals surface area (Å²) in [6.07, 6.45) is 8.45. The quantitative estimate of drug-likeness (QED) is 0.135. The first-order chi connectivity index (χ1) is 24.3. The van der Waals surface area contributed by atoms with Crippen molar-refractivity contribution in [2.75, 3.05) is 20.2 Å². The first-order valence-electron chi connectivity index (χ1n) is 16.7. The van der Waals surface area contributed by atoms with Crippen molar-refractivity contribution in [2.45, 2.75) is 50.9 Å². The molecule has 0 saturated carbocycles. The molecule has 1 aromatic carbocycles. The van der Waals surface area contributed by atoms with E-state index in [1.807, 2.05) is 43.4 Å². The number of pyridine rings is 3. The summed E-state index contributed by atoms with van der Waals surface area (Å²) in [5.74, 6) is 0.714. The summed E-state index contributed by atoms with van der Waals surface area (Å²) >= 11 is 14.2. The Morgan fingerprint density at radius 3 is 2.24 bits per heavy atom. The van der Waals surface area contributed by atoms with Crippen molar-refractivity contribution in [1.29, 1.82) is 0 Å². The van der Waals surface area contributed by atoms with Gasteiger partial charge in [-0.1, -0.05) is 47.5 Å². The molecule has 4 aromatic heterocycles. The normalized spacial score (nSPS) is 17.4. The van der Waals surface area contributed by atoms with Crippen LogP contribution >= 0.6 is 23.2 Å². The molecule has 0 unspecified atom stereocenters. The van der Waals surface area contributed by atoms with Crippen molar-refractivity contribution in [3.8, 4) is 39.5 Å². The van der Waals surface area contributed by atoms with Gasteiger partial charge in [0, 0.05) is 110 Å². The molecular formula is C37H38Cl2N8O3. The van der Waals surface area contributed by atoms with Gasteiger partial charge in [-0.05, 0) is 31.0 Å². The Bertz CT molecular complexity index is 2080. The highest BCUT2D eigenvalue weighted by Crippen LogP contribution is 2.42. The van der Waals surface area contributed by atoms with Gasteiger partial charge < -0.3 is 30.6 Å². The Morgan fingerprint density at radius 2 is 1.56 bits per heavy atom. The zero-order chi connectivity index (χ0) is 34.8. The van der Waals surface area contributed by atoms with E-state index in [0.29, 0.717) is 66.3 Å². The molecule has 6 heterocycles. The Hall–Kier alpha value is -4.55. The van der Waals surface area contributed by atoms with Gasteiger partial charge in [-0.3, -0.25) is 19.6 Å². The average molecular weight is 714 g/mol. The number of fused-ring (bicyclic) bond motifs is 1. The van der Waals surface area contributed by atoms with Gasteiger partial charge in [0.1, 0.15) is 0 Å². The minimum atomic E-state index is 0.0987. The molecule has 2 amide bonds. The third kappa shape index (κ3) is 7.04. The summed E-state index contributed by atoms with van der Waals surface area (Å²) in [6.45, 7) is 2.58. The molecule has 11 nitrogen and oxygen atoms in total. The predicted octanol–water partition coefficient (Wildman–Crippen LogP) is 5.42. The van der Waals surface area contributed by atoms with Crippen molar-refractivity contribution >= 4 is 46.0 Å². The zero-order valence-electron chi connectivity index (χ0n) is 27.9. The smallest absolute Gasteiger partial charge is 0.220 e. The second-order valence-corrected chi connectivity index (χ2v) is 13.5. The monoisotopic (exact) mass is 712 g/mol. The highest BCUT2D eigenvalue weighted by atomic mass is 35.5. The van der Waals surface area contributed by atoms with Gasteiger partial charge >= 0.3 is 0 Å². The standard InChI is InChI=1S/C37H38Cl2N8O3/c1-47-20-23(16-41-19-25-8-11-32(49)45-25)35-30(47)14-22(17-43-35)36-34(39)27(12-13-42-36)26-4-3-5-28(33(26)38)29-9-6-21(37(46-29)50-2)15-40-18-24-7-10-31(48)44-24/h3-6,9,12-14,17,20,24-25,40-41H,7-8,10-11,15-16,18-19H2,1-2H3,(H,44,48)(H,45,49)/t24-,25+/m0/s1. The summed E-state index contributed by atoms with van der Waals surface area (Å²) in [4.78, 5) is 37.3. The molecular weight excluding hydrogens is 675 g/mol. The van der Waals surface area contributed by atoms with Gasteiger partial charge in [-0.2, -0.15) is 0 Å². The molecule has 50 heavy (non-hydrogen) atoms. The predicted molar refractivity (Wildman–Crippen MR) is 195 cm³/mol. The maximum absolute atomic E-state index is 11.5. The molecule has 2 aliphatic heterocycles. The fourth-order valence-corrected chi connectivity index (χ4v) is 7.38. The van der Waals surface area contributed by atoms with Crippen molar-refractivity contribution < 1.29 is 14.3 Å². The number of methoxy groups -OCH3 is 1. The Morgan fingerprint density at radius 1 is 0.880 bits per heavy atom. The summed E-state index contributed by atoms with van der Waals surface area (Å²) < 4.78 is 7.70. The van der Waals surface area contributed by atoms with E-state index < -0.39 is 0 Å². The summed E-state index contributed by atoms with van der Waals surface area (Å²) in [5, 5.41) is 13.8. The largest absolute Gasteiger partial charge is 0.481 e. The third-order valence-electron chi connectivity index (χ3n) is 9.34. The lowest BCUT2D eigenvalue weighted by Crippen LogP contribution is -2.35. The van der Waals surface area contributed by atoms with Crippen molar-refractivity contribution in [3.05, 3.63) is 82.2 Å².